The van der Waals surface area contributed by atoms with E-state index in [-0.39, 0.29) is 46.6 Å². The Morgan fingerprint density at radius 2 is 1.60 bits per heavy atom. The molecule has 0 spiro atoms. The van der Waals surface area contributed by atoms with Gasteiger partial charge in [-0.1, -0.05) is 67.6 Å². The molecular weight excluding hydrogens is 536 g/mol. The smallest absolute Gasteiger partial charge is 0.346 e. The number of hydrogen-bond donors (Lipinski definition) is 0. The van der Waals surface area contributed by atoms with Crippen LogP contribution < -0.4 is 9.47 Å². The molecule has 0 aliphatic heterocycles. The fraction of sp³-hybridized carbons (Fsp3) is 0.182. The van der Waals surface area contributed by atoms with E-state index in [1.54, 1.807) is 73.7 Å². The lowest BCUT2D eigenvalue weighted by atomic mass is 9.94. The Bertz CT molecular complexity index is 1820. The second-order valence-corrected chi connectivity index (χ2v) is 9.78. The molecular formula is C33H28N2O7. The minimum Gasteiger partial charge on any atom is -0.493 e. The summed E-state index contributed by atoms with van der Waals surface area (Å²) in [7, 11) is 0. The third kappa shape index (κ3) is 5.49. The molecule has 0 unspecified atom stereocenters. The van der Waals surface area contributed by atoms with Crippen molar-refractivity contribution in [3.8, 4) is 11.5 Å². The first-order chi connectivity index (χ1) is 20.3. The highest BCUT2D eigenvalue weighted by Crippen LogP contribution is 2.44. The quantitative estimate of drug-likeness (QED) is 0.0603. The summed E-state index contributed by atoms with van der Waals surface area (Å²) in [6.07, 6.45) is 0.607. The van der Waals surface area contributed by atoms with Crippen LogP contribution in [0.2, 0.25) is 0 Å². The van der Waals surface area contributed by atoms with Gasteiger partial charge in [-0.15, -0.1) is 0 Å². The van der Waals surface area contributed by atoms with E-state index in [2.05, 4.69) is 4.98 Å². The Labute approximate surface area is 241 Å². The van der Waals surface area contributed by atoms with E-state index in [0.29, 0.717) is 23.1 Å². The van der Waals surface area contributed by atoms with Crippen LogP contribution in [0, 0.1) is 24.0 Å². The number of ether oxygens (including phenoxy) is 3. The highest BCUT2D eigenvalue weighted by molar-refractivity contribution is 6.20. The number of nitro groups is 1. The minimum atomic E-state index is -0.897. The molecule has 0 bridgehead atoms. The number of esters is 2. The number of fused-ring (bicyclic) bond motifs is 2. The zero-order valence-electron chi connectivity index (χ0n) is 23.4. The van der Waals surface area contributed by atoms with E-state index >= 15 is 0 Å². The van der Waals surface area contributed by atoms with Crippen molar-refractivity contribution in [2.24, 2.45) is 0 Å². The Hall–Kier alpha value is -5.31. The highest BCUT2D eigenvalue weighted by atomic mass is 16.6. The van der Waals surface area contributed by atoms with Crippen molar-refractivity contribution in [1.82, 2.24) is 4.98 Å². The van der Waals surface area contributed by atoms with Crippen molar-refractivity contribution in [2.45, 2.75) is 33.8 Å². The highest BCUT2D eigenvalue weighted by Gasteiger charge is 2.35. The molecule has 1 heterocycles. The van der Waals surface area contributed by atoms with E-state index in [0.717, 1.165) is 11.1 Å². The lowest BCUT2D eigenvalue weighted by molar-refractivity contribution is -0.383. The standard InChI is InChI=1S/C33H28N2O7/c1-4-17-40-31-21(3)26(32(36)41-19-22-11-7-5-8-12-22)30(35(38)39)29-28(31)27(24-16-15-20(2)18-25(24)34-29)33(37)42-23-13-9-6-10-14-23/h5-16,18H,4,17,19H2,1-3H3. The van der Waals surface area contributed by atoms with Gasteiger partial charge in [0.25, 0.3) is 0 Å². The number of pyridine rings is 1. The Kier molecular flexibility index (Phi) is 8.10. The number of aryl methyl sites for hydroxylation is 1. The SMILES string of the molecule is CCCOc1c(C)c(C(=O)OCc2ccccc2)c([N+](=O)[O-])c2nc3cc(C)ccc3c(C(=O)Oc3ccccc3)c12. The maximum Gasteiger partial charge on any atom is 0.346 e. The van der Waals surface area contributed by atoms with Crippen LogP contribution in [0.25, 0.3) is 21.8 Å². The molecule has 0 radical (unpaired) electrons. The fourth-order valence-electron chi connectivity index (χ4n) is 4.83. The van der Waals surface area contributed by atoms with Gasteiger partial charge in [0, 0.05) is 10.9 Å². The zero-order chi connectivity index (χ0) is 29.8. The first-order valence-corrected chi connectivity index (χ1v) is 13.5. The zero-order valence-corrected chi connectivity index (χ0v) is 23.4. The normalized spacial score (nSPS) is 10.9. The summed E-state index contributed by atoms with van der Waals surface area (Å²) in [5, 5.41) is 13.2. The summed E-state index contributed by atoms with van der Waals surface area (Å²) in [5.74, 6) is -1.20. The van der Waals surface area contributed by atoms with Gasteiger partial charge in [-0.25, -0.2) is 14.6 Å². The van der Waals surface area contributed by atoms with Crippen LogP contribution in [-0.4, -0.2) is 28.5 Å². The summed E-state index contributed by atoms with van der Waals surface area (Å²) < 4.78 is 17.4. The van der Waals surface area contributed by atoms with Crippen molar-refractivity contribution in [3.05, 3.63) is 117 Å². The number of nitro benzene ring substituents is 1. The lowest BCUT2D eigenvalue weighted by Gasteiger charge is -2.19. The predicted molar refractivity (Wildman–Crippen MR) is 158 cm³/mol. The molecule has 0 saturated heterocycles. The van der Waals surface area contributed by atoms with Crippen LogP contribution in [0.1, 0.15) is 50.8 Å². The van der Waals surface area contributed by atoms with Crippen LogP contribution in [0.5, 0.6) is 11.5 Å². The Balaban J connectivity index is 1.81. The molecule has 9 heteroatoms. The van der Waals surface area contributed by atoms with Gasteiger partial charge in [-0.3, -0.25) is 10.1 Å². The van der Waals surface area contributed by atoms with Crippen molar-refractivity contribution in [3.63, 3.8) is 0 Å². The van der Waals surface area contributed by atoms with Gasteiger partial charge in [0.15, 0.2) is 5.52 Å². The average Bonchev–Trinajstić information content (AvgIpc) is 2.98. The van der Waals surface area contributed by atoms with Gasteiger partial charge >= 0.3 is 17.6 Å². The maximum absolute atomic E-state index is 13.9. The molecule has 42 heavy (non-hydrogen) atoms. The van der Waals surface area contributed by atoms with Crippen molar-refractivity contribution >= 4 is 39.4 Å². The predicted octanol–water partition coefficient (Wildman–Crippen LogP) is 7.28. The summed E-state index contributed by atoms with van der Waals surface area (Å²) in [6, 6.07) is 22.8. The molecule has 0 atom stereocenters. The minimum absolute atomic E-state index is 0.0559. The number of benzene rings is 4. The van der Waals surface area contributed by atoms with Crippen molar-refractivity contribution in [2.75, 3.05) is 6.61 Å². The van der Waals surface area contributed by atoms with Gasteiger partial charge in [-0.05, 0) is 49.6 Å². The van der Waals surface area contributed by atoms with Crippen LogP contribution in [0.3, 0.4) is 0 Å². The van der Waals surface area contributed by atoms with Gasteiger partial charge in [-0.2, -0.15) is 0 Å². The summed E-state index contributed by atoms with van der Waals surface area (Å²) in [6.45, 7) is 5.43. The maximum atomic E-state index is 13.9. The van der Waals surface area contributed by atoms with Crippen LogP contribution in [-0.2, 0) is 11.3 Å². The number of rotatable bonds is 9. The Morgan fingerprint density at radius 3 is 2.26 bits per heavy atom. The van der Waals surface area contributed by atoms with E-state index < -0.39 is 22.5 Å². The fourth-order valence-corrected chi connectivity index (χ4v) is 4.83. The van der Waals surface area contributed by atoms with Crippen LogP contribution in [0.15, 0.2) is 78.9 Å². The molecule has 212 valence electrons. The second-order valence-electron chi connectivity index (χ2n) is 9.78. The number of hydrogen-bond acceptors (Lipinski definition) is 8. The number of aromatic nitrogens is 1. The molecule has 0 aliphatic carbocycles. The van der Waals surface area contributed by atoms with Crippen molar-refractivity contribution in [1.29, 1.82) is 0 Å². The molecule has 0 aliphatic rings. The second kappa shape index (κ2) is 12.1. The topological polar surface area (TPSA) is 118 Å². The third-order valence-electron chi connectivity index (χ3n) is 6.75. The van der Waals surface area contributed by atoms with E-state index in [9.17, 15) is 19.7 Å². The lowest BCUT2D eigenvalue weighted by Crippen LogP contribution is -2.16. The average molecular weight is 565 g/mol. The first-order valence-electron chi connectivity index (χ1n) is 13.5. The van der Waals surface area contributed by atoms with Crippen molar-refractivity contribution < 1.29 is 28.7 Å². The number of nitrogens with zero attached hydrogens (tertiary/aromatic N) is 2. The first kappa shape index (κ1) is 28.2. The van der Waals surface area contributed by atoms with Gasteiger partial charge in [0.1, 0.15) is 23.7 Å². The molecule has 0 saturated carbocycles. The van der Waals surface area contributed by atoms with Gasteiger partial charge in [0.2, 0.25) is 0 Å². The molecule has 0 N–H and O–H groups in total. The van der Waals surface area contributed by atoms with Gasteiger partial charge in [0.05, 0.1) is 28.0 Å². The molecule has 0 amide bonds. The summed E-state index contributed by atoms with van der Waals surface area (Å²) >= 11 is 0. The van der Waals surface area contributed by atoms with E-state index in [1.165, 1.54) is 0 Å². The monoisotopic (exact) mass is 564 g/mol. The molecule has 5 rings (SSSR count). The van der Waals surface area contributed by atoms with Gasteiger partial charge < -0.3 is 14.2 Å². The number of para-hydroxylation sites is 1. The summed E-state index contributed by atoms with van der Waals surface area (Å²) in [4.78, 5) is 44.0. The largest absolute Gasteiger partial charge is 0.493 e. The van der Waals surface area contributed by atoms with Crippen LogP contribution >= 0.6 is 0 Å². The van der Waals surface area contributed by atoms with E-state index in [1.807, 2.05) is 26.0 Å². The van der Waals surface area contributed by atoms with E-state index in [4.69, 9.17) is 14.2 Å². The Morgan fingerprint density at radius 1 is 0.905 bits per heavy atom. The molecule has 4 aromatic carbocycles. The van der Waals surface area contributed by atoms with Crippen LogP contribution in [0.4, 0.5) is 5.69 Å². The summed E-state index contributed by atoms with van der Waals surface area (Å²) in [5.41, 5.74) is 1.10. The molecule has 5 aromatic rings. The number of carbonyl (C=O) groups excluding carboxylic acids is 2. The molecule has 0 fully saturated rings. The number of carbonyl (C=O) groups is 2. The molecule has 1 aromatic heterocycles. The third-order valence-corrected chi connectivity index (χ3v) is 6.75. The molecule has 9 nitrogen and oxygen atoms in total.